The van der Waals surface area contributed by atoms with Gasteiger partial charge in [0.25, 0.3) is 0 Å². The lowest BCUT2D eigenvalue weighted by molar-refractivity contribution is -0.223. The first-order valence-corrected chi connectivity index (χ1v) is 9.20. The lowest BCUT2D eigenvalue weighted by Crippen LogP contribution is -2.63. The second-order valence-corrected chi connectivity index (χ2v) is 9.02. The van der Waals surface area contributed by atoms with Crippen LogP contribution >= 0.6 is 0 Å². The van der Waals surface area contributed by atoms with Gasteiger partial charge in [0.1, 0.15) is 0 Å². The Hall–Kier alpha value is -0.570. The molecule has 0 spiro atoms. The zero-order valence-corrected chi connectivity index (χ0v) is 14.4. The third-order valence-corrected chi connectivity index (χ3v) is 7.54. The normalized spacial score (nSPS) is 43.8. The van der Waals surface area contributed by atoms with Crippen LogP contribution in [-0.2, 0) is 4.79 Å². The lowest BCUT2D eigenvalue weighted by Gasteiger charge is -2.65. The van der Waals surface area contributed by atoms with Crippen LogP contribution in [0.2, 0.25) is 0 Å². The summed E-state index contributed by atoms with van der Waals surface area (Å²) in [6, 6.07) is 0. The molecular weight excluding hydrogens is 276 g/mol. The van der Waals surface area contributed by atoms with Crippen molar-refractivity contribution in [2.24, 2.45) is 28.6 Å². The largest absolute Gasteiger partial charge is 0.481 e. The first-order chi connectivity index (χ1) is 10.2. The van der Waals surface area contributed by atoms with E-state index in [9.17, 15) is 15.0 Å². The summed E-state index contributed by atoms with van der Waals surface area (Å²) < 4.78 is 0. The second-order valence-electron chi connectivity index (χ2n) is 9.02. The fraction of sp³-hybridized carbons (Fsp3) is 0.947. The number of hydrogen-bond donors (Lipinski definition) is 2. The van der Waals surface area contributed by atoms with Crippen LogP contribution in [0.5, 0.6) is 0 Å². The van der Waals surface area contributed by atoms with Crippen LogP contribution in [0.25, 0.3) is 0 Å². The van der Waals surface area contributed by atoms with E-state index in [2.05, 4.69) is 13.8 Å². The summed E-state index contributed by atoms with van der Waals surface area (Å²) in [6.45, 7) is 6.36. The summed E-state index contributed by atoms with van der Waals surface area (Å²) in [7, 11) is 0. The Bertz CT molecular complexity index is 440. The van der Waals surface area contributed by atoms with Crippen molar-refractivity contribution < 1.29 is 15.0 Å². The molecule has 22 heavy (non-hydrogen) atoms. The molecule has 4 aliphatic carbocycles. The van der Waals surface area contributed by atoms with E-state index in [-0.39, 0.29) is 11.3 Å². The highest BCUT2D eigenvalue weighted by Crippen LogP contribution is 2.69. The molecule has 0 saturated heterocycles. The predicted molar refractivity (Wildman–Crippen MR) is 86.5 cm³/mol. The summed E-state index contributed by atoms with van der Waals surface area (Å²) in [4.78, 5) is 12.0. The summed E-state index contributed by atoms with van der Waals surface area (Å²) in [5.41, 5.74) is -1.44. The highest BCUT2D eigenvalue weighted by atomic mass is 16.4. The maximum atomic E-state index is 12.0. The summed E-state index contributed by atoms with van der Waals surface area (Å²) in [5.74, 6) is 0.668. The fourth-order valence-electron chi connectivity index (χ4n) is 6.42. The molecule has 0 aromatic heterocycles. The second kappa shape index (κ2) is 5.22. The monoisotopic (exact) mass is 308 g/mol. The van der Waals surface area contributed by atoms with Gasteiger partial charge in [0, 0.05) is 5.41 Å². The van der Waals surface area contributed by atoms with Crippen LogP contribution in [0.1, 0.15) is 78.6 Å². The SMILES string of the molecule is CCCCC(C)C(C)(O)C12CC3CC(CC(C(=O)O)(C3)C1)C2. The van der Waals surface area contributed by atoms with Crippen LogP contribution in [0.3, 0.4) is 0 Å². The lowest BCUT2D eigenvalue weighted by atomic mass is 9.40. The summed E-state index contributed by atoms with van der Waals surface area (Å²) in [5, 5.41) is 21.3. The quantitative estimate of drug-likeness (QED) is 0.772. The van der Waals surface area contributed by atoms with Gasteiger partial charge in [-0.15, -0.1) is 0 Å². The molecule has 0 aliphatic heterocycles. The van der Waals surface area contributed by atoms with E-state index in [1.165, 1.54) is 6.42 Å². The average molecular weight is 308 g/mol. The molecule has 0 heterocycles. The minimum absolute atomic E-state index is 0.164. The van der Waals surface area contributed by atoms with Crippen LogP contribution < -0.4 is 0 Å². The molecule has 3 nitrogen and oxygen atoms in total. The van der Waals surface area contributed by atoms with Crippen molar-refractivity contribution in [2.45, 2.75) is 84.2 Å². The molecule has 4 fully saturated rings. The zero-order chi connectivity index (χ0) is 16.2. The van der Waals surface area contributed by atoms with E-state index >= 15 is 0 Å². The molecule has 4 aliphatic rings. The van der Waals surface area contributed by atoms with E-state index in [1.807, 2.05) is 6.92 Å². The number of rotatable bonds is 6. The van der Waals surface area contributed by atoms with Crippen molar-refractivity contribution >= 4 is 5.97 Å². The highest BCUT2D eigenvalue weighted by molar-refractivity contribution is 5.75. The van der Waals surface area contributed by atoms with Gasteiger partial charge in [-0.05, 0) is 69.6 Å². The fourth-order valence-corrected chi connectivity index (χ4v) is 6.42. The minimum Gasteiger partial charge on any atom is -0.481 e. The Labute approximate surface area is 134 Å². The number of aliphatic hydroxyl groups is 1. The number of carboxylic acid groups (broad SMARTS) is 1. The molecule has 2 N–H and O–H groups in total. The topological polar surface area (TPSA) is 57.5 Å². The van der Waals surface area contributed by atoms with E-state index in [4.69, 9.17) is 0 Å². The van der Waals surface area contributed by atoms with Crippen molar-refractivity contribution in [1.82, 2.24) is 0 Å². The van der Waals surface area contributed by atoms with Gasteiger partial charge in [0.15, 0.2) is 0 Å². The number of carbonyl (C=O) groups is 1. The highest BCUT2D eigenvalue weighted by Gasteiger charge is 2.66. The molecule has 3 heteroatoms. The van der Waals surface area contributed by atoms with Crippen molar-refractivity contribution in [3.8, 4) is 0 Å². The van der Waals surface area contributed by atoms with Gasteiger partial charge in [-0.2, -0.15) is 0 Å². The first-order valence-electron chi connectivity index (χ1n) is 9.20. The van der Waals surface area contributed by atoms with Crippen LogP contribution in [0, 0.1) is 28.6 Å². The van der Waals surface area contributed by atoms with Gasteiger partial charge in [0.05, 0.1) is 11.0 Å². The van der Waals surface area contributed by atoms with E-state index in [0.29, 0.717) is 18.3 Å². The molecule has 4 unspecified atom stereocenters. The van der Waals surface area contributed by atoms with Crippen molar-refractivity contribution in [3.05, 3.63) is 0 Å². The maximum Gasteiger partial charge on any atom is 0.309 e. The molecular formula is C19H32O3. The average Bonchev–Trinajstić information content (AvgIpc) is 2.42. The number of hydrogen-bond acceptors (Lipinski definition) is 2. The molecule has 4 rings (SSSR count). The molecule has 0 radical (unpaired) electrons. The van der Waals surface area contributed by atoms with Crippen LogP contribution in [0.15, 0.2) is 0 Å². The summed E-state index contributed by atoms with van der Waals surface area (Å²) in [6.07, 6.45) is 9.01. The predicted octanol–water partition coefficient (Wildman–Crippen LogP) is 4.23. The molecule has 0 aromatic rings. The Morgan fingerprint density at radius 1 is 1.27 bits per heavy atom. The Morgan fingerprint density at radius 3 is 2.36 bits per heavy atom. The third kappa shape index (κ3) is 2.23. The van der Waals surface area contributed by atoms with Gasteiger partial charge >= 0.3 is 5.97 Å². The van der Waals surface area contributed by atoms with E-state index in [0.717, 1.165) is 44.9 Å². The Balaban J connectivity index is 1.90. The molecule has 0 amide bonds. The van der Waals surface area contributed by atoms with Crippen molar-refractivity contribution in [3.63, 3.8) is 0 Å². The number of unbranched alkanes of at least 4 members (excludes halogenated alkanes) is 1. The van der Waals surface area contributed by atoms with Crippen molar-refractivity contribution in [1.29, 1.82) is 0 Å². The van der Waals surface area contributed by atoms with Gasteiger partial charge in [-0.25, -0.2) is 0 Å². The maximum absolute atomic E-state index is 12.0. The standard InChI is InChI=1S/C19H32O3/c1-4-5-6-13(2)17(3,22)19-10-14-7-15(11-19)9-18(8-14,12-19)16(20)21/h13-15,22H,4-12H2,1-3H3,(H,20,21). The zero-order valence-electron chi connectivity index (χ0n) is 14.4. The van der Waals surface area contributed by atoms with Gasteiger partial charge in [-0.3, -0.25) is 4.79 Å². The molecule has 4 saturated carbocycles. The minimum atomic E-state index is -0.735. The smallest absolute Gasteiger partial charge is 0.309 e. The van der Waals surface area contributed by atoms with Crippen molar-refractivity contribution in [2.75, 3.05) is 0 Å². The van der Waals surface area contributed by atoms with Gasteiger partial charge < -0.3 is 10.2 Å². The van der Waals surface area contributed by atoms with Crippen LogP contribution in [-0.4, -0.2) is 21.8 Å². The van der Waals surface area contributed by atoms with Gasteiger partial charge in [-0.1, -0.05) is 26.7 Å². The van der Waals surface area contributed by atoms with Crippen LogP contribution in [0.4, 0.5) is 0 Å². The Kier molecular flexibility index (Phi) is 3.87. The number of carboxylic acids is 1. The van der Waals surface area contributed by atoms with Gasteiger partial charge in [0.2, 0.25) is 0 Å². The first kappa shape index (κ1) is 16.3. The molecule has 4 atom stereocenters. The van der Waals surface area contributed by atoms with E-state index in [1.54, 1.807) is 0 Å². The third-order valence-electron chi connectivity index (χ3n) is 7.54. The van der Waals surface area contributed by atoms with E-state index < -0.39 is 17.0 Å². The molecule has 0 aromatic carbocycles. The number of aliphatic carboxylic acids is 1. The molecule has 4 bridgehead atoms. The molecule has 126 valence electrons. The Morgan fingerprint density at radius 2 is 1.86 bits per heavy atom. The summed E-state index contributed by atoms with van der Waals surface area (Å²) >= 11 is 0.